The molecule has 3 heteroatoms. The Labute approximate surface area is 119 Å². The number of aliphatic hydroxyl groups excluding tert-OH is 1. The zero-order valence-electron chi connectivity index (χ0n) is 11.6. The van der Waals surface area contributed by atoms with Crippen LogP contribution in [0.15, 0.2) is 48.5 Å². The molecule has 1 unspecified atom stereocenters. The highest BCUT2D eigenvalue weighted by atomic mass is 19.1. The van der Waals surface area contributed by atoms with Crippen LogP contribution in [0.2, 0.25) is 0 Å². The summed E-state index contributed by atoms with van der Waals surface area (Å²) in [4.78, 5) is 0. The van der Waals surface area contributed by atoms with Gasteiger partial charge < -0.3 is 10.4 Å². The van der Waals surface area contributed by atoms with Gasteiger partial charge in [0.2, 0.25) is 0 Å². The summed E-state index contributed by atoms with van der Waals surface area (Å²) in [5.74, 6) is -0.321. The molecule has 0 heterocycles. The quantitative estimate of drug-likeness (QED) is 0.847. The van der Waals surface area contributed by atoms with Gasteiger partial charge in [-0.1, -0.05) is 43.3 Å². The number of nitrogens with one attached hydrogen (secondary N) is 1. The van der Waals surface area contributed by atoms with Gasteiger partial charge in [-0.2, -0.15) is 0 Å². The summed E-state index contributed by atoms with van der Waals surface area (Å²) >= 11 is 0. The van der Waals surface area contributed by atoms with Crippen molar-refractivity contribution in [2.75, 3.05) is 6.54 Å². The predicted molar refractivity (Wildman–Crippen MR) is 78.9 cm³/mol. The Bertz CT molecular complexity index is 556. The van der Waals surface area contributed by atoms with Gasteiger partial charge in [-0.3, -0.25) is 0 Å². The van der Waals surface area contributed by atoms with Gasteiger partial charge in [-0.05, 0) is 35.2 Å². The fourth-order valence-electron chi connectivity index (χ4n) is 2.25. The average Bonchev–Trinajstić information content (AvgIpc) is 2.47. The molecular weight excluding hydrogens is 253 g/mol. The lowest BCUT2D eigenvalue weighted by Gasteiger charge is -2.13. The Hall–Kier alpha value is -1.71. The number of aryl methyl sites for hydroxylation is 1. The van der Waals surface area contributed by atoms with Crippen molar-refractivity contribution in [3.8, 4) is 0 Å². The largest absolute Gasteiger partial charge is 0.387 e. The SMILES string of the molecule is CCc1ccccc1CNCC(O)c1cccc(F)c1. The lowest BCUT2D eigenvalue weighted by molar-refractivity contribution is 0.174. The number of hydrogen-bond donors (Lipinski definition) is 2. The number of aliphatic hydroxyl groups is 1. The average molecular weight is 273 g/mol. The summed E-state index contributed by atoms with van der Waals surface area (Å²) in [6.07, 6.45) is 0.295. The van der Waals surface area contributed by atoms with E-state index >= 15 is 0 Å². The molecule has 0 saturated carbocycles. The van der Waals surface area contributed by atoms with Gasteiger partial charge in [0.05, 0.1) is 6.10 Å². The second kappa shape index (κ2) is 7.17. The molecule has 0 saturated heterocycles. The van der Waals surface area contributed by atoms with Gasteiger partial charge in [0.1, 0.15) is 5.82 Å². The number of hydrogen-bond acceptors (Lipinski definition) is 2. The molecule has 0 aromatic heterocycles. The van der Waals surface area contributed by atoms with Gasteiger partial charge in [0.25, 0.3) is 0 Å². The summed E-state index contributed by atoms with van der Waals surface area (Å²) in [5.41, 5.74) is 3.14. The van der Waals surface area contributed by atoms with E-state index in [1.54, 1.807) is 12.1 Å². The summed E-state index contributed by atoms with van der Waals surface area (Å²) in [6, 6.07) is 14.3. The molecule has 2 nitrogen and oxygen atoms in total. The van der Waals surface area contributed by atoms with Crippen LogP contribution >= 0.6 is 0 Å². The number of rotatable bonds is 6. The van der Waals surface area contributed by atoms with E-state index in [-0.39, 0.29) is 5.82 Å². The monoisotopic (exact) mass is 273 g/mol. The minimum Gasteiger partial charge on any atom is -0.387 e. The molecule has 2 N–H and O–H groups in total. The van der Waals surface area contributed by atoms with Crippen LogP contribution in [0, 0.1) is 5.82 Å². The normalized spacial score (nSPS) is 12.3. The third-order valence-corrected chi connectivity index (χ3v) is 3.39. The van der Waals surface area contributed by atoms with Gasteiger partial charge in [0, 0.05) is 13.1 Å². The Balaban J connectivity index is 1.89. The van der Waals surface area contributed by atoms with Gasteiger partial charge in [-0.25, -0.2) is 4.39 Å². The maximum absolute atomic E-state index is 13.1. The summed E-state index contributed by atoms with van der Waals surface area (Å²) < 4.78 is 13.1. The van der Waals surface area contributed by atoms with Crippen molar-refractivity contribution in [1.29, 1.82) is 0 Å². The van der Waals surface area contributed by atoms with Crippen molar-refractivity contribution in [2.45, 2.75) is 26.0 Å². The molecule has 2 aromatic rings. The smallest absolute Gasteiger partial charge is 0.123 e. The van der Waals surface area contributed by atoms with Crippen molar-refractivity contribution in [2.24, 2.45) is 0 Å². The first-order valence-corrected chi connectivity index (χ1v) is 6.91. The molecule has 0 amide bonds. The van der Waals surface area contributed by atoms with E-state index in [1.165, 1.54) is 23.3 Å². The standard InChI is InChI=1S/C17H20FNO/c1-2-13-6-3-4-7-15(13)11-19-12-17(20)14-8-5-9-16(18)10-14/h3-10,17,19-20H,2,11-12H2,1H3. The highest BCUT2D eigenvalue weighted by Crippen LogP contribution is 2.14. The first-order chi connectivity index (χ1) is 9.70. The zero-order chi connectivity index (χ0) is 14.4. The molecule has 0 fully saturated rings. The minimum absolute atomic E-state index is 0.321. The van der Waals surface area contributed by atoms with E-state index in [9.17, 15) is 9.50 Å². The van der Waals surface area contributed by atoms with Gasteiger partial charge in [-0.15, -0.1) is 0 Å². The zero-order valence-corrected chi connectivity index (χ0v) is 11.6. The van der Waals surface area contributed by atoms with Gasteiger partial charge >= 0.3 is 0 Å². The van der Waals surface area contributed by atoms with E-state index < -0.39 is 6.10 Å². The van der Waals surface area contributed by atoms with E-state index in [2.05, 4.69) is 24.4 Å². The topological polar surface area (TPSA) is 32.3 Å². The van der Waals surface area contributed by atoms with Crippen molar-refractivity contribution in [3.63, 3.8) is 0 Å². The molecule has 0 aliphatic heterocycles. The maximum Gasteiger partial charge on any atom is 0.123 e. The Morgan fingerprint density at radius 1 is 1.10 bits per heavy atom. The van der Waals surface area contributed by atoms with E-state index in [0.717, 1.165) is 6.42 Å². The van der Waals surface area contributed by atoms with Gasteiger partial charge in [0.15, 0.2) is 0 Å². The third kappa shape index (κ3) is 3.89. The molecular formula is C17H20FNO. The van der Waals surface area contributed by atoms with Crippen LogP contribution < -0.4 is 5.32 Å². The van der Waals surface area contributed by atoms with Crippen molar-refractivity contribution >= 4 is 0 Å². The summed E-state index contributed by atoms with van der Waals surface area (Å²) in [7, 11) is 0. The molecule has 0 bridgehead atoms. The fourth-order valence-corrected chi connectivity index (χ4v) is 2.25. The van der Waals surface area contributed by atoms with E-state index in [0.29, 0.717) is 18.7 Å². The molecule has 1 atom stereocenters. The van der Waals surface area contributed by atoms with Crippen LogP contribution in [0.4, 0.5) is 4.39 Å². The van der Waals surface area contributed by atoms with E-state index in [1.807, 2.05) is 12.1 Å². The van der Waals surface area contributed by atoms with Crippen molar-refractivity contribution < 1.29 is 9.50 Å². The van der Waals surface area contributed by atoms with Crippen LogP contribution in [0.1, 0.15) is 29.7 Å². The maximum atomic E-state index is 13.1. The van der Waals surface area contributed by atoms with Crippen molar-refractivity contribution in [3.05, 3.63) is 71.0 Å². The lowest BCUT2D eigenvalue weighted by Crippen LogP contribution is -2.21. The van der Waals surface area contributed by atoms with Crippen LogP contribution in [-0.4, -0.2) is 11.7 Å². The molecule has 0 spiro atoms. The predicted octanol–water partition coefficient (Wildman–Crippen LogP) is 3.21. The molecule has 2 aromatic carbocycles. The Morgan fingerprint density at radius 3 is 2.55 bits per heavy atom. The molecule has 20 heavy (non-hydrogen) atoms. The number of halogens is 1. The number of benzene rings is 2. The first kappa shape index (κ1) is 14.7. The molecule has 0 aliphatic rings. The van der Waals surface area contributed by atoms with Crippen LogP contribution in [0.5, 0.6) is 0 Å². The Morgan fingerprint density at radius 2 is 1.85 bits per heavy atom. The molecule has 0 radical (unpaired) electrons. The first-order valence-electron chi connectivity index (χ1n) is 6.91. The molecule has 0 aliphatic carbocycles. The molecule has 106 valence electrons. The second-order valence-corrected chi connectivity index (χ2v) is 4.82. The minimum atomic E-state index is -0.695. The van der Waals surface area contributed by atoms with Crippen LogP contribution in [0.3, 0.4) is 0 Å². The summed E-state index contributed by atoms with van der Waals surface area (Å²) in [5, 5.41) is 13.2. The summed E-state index contributed by atoms with van der Waals surface area (Å²) in [6.45, 7) is 3.23. The van der Waals surface area contributed by atoms with Crippen molar-refractivity contribution in [1.82, 2.24) is 5.32 Å². The van der Waals surface area contributed by atoms with Crippen LogP contribution in [-0.2, 0) is 13.0 Å². The lowest BCUT2D eigenvalue weighted by atomic mass is 10.1. The third-order valence-electron chi connectivity index (χ3n) is 3.39. The van der Waals surface area contributed by atoms with E-state index in [4.69, 9.17) is 0 Å². The fraction of sp³-hybridized carbons (Fsp3) is 0.294. The van der Waals surface area contributed by atoms with Crippen LogP contribution in [0.25, 0.3) is 0 Å². The Kier molecular flexibility index (Phi) is 5.27. The molecule has 2 rings (SSSR count). The second-order valence-electron chi connectivity index (χ2n) is 4.82. The highest BCUT2D eigenvalue weighted by Gasteiger charge is 2.08. The highest BCUT2D eigenvalue weighted by molar-refractivity contribution is 5.27.